The maximum atomic E-state index is 12.3. The number of aryl methyl sites for hydroxylation is 2. The molecule has 2 heterocycles. The third-order valence-electron chi connectivity index (χ3n) is 4.75. The van der Waals surface area contributed by atoms with Gasteiger partial charge in [0.15, 0.2) is 0 Å². The maximum Gasteiger partial charge on any atom is 0.338 e. The highest BCUT2D eigenvalue weighted by Gasteiger charge is 2.22. The van der Waals surface area contributed by atoms with Gasteiger partial charge in [0.1, 0.15) is 28.5 Å². The standard InChI is InChI=1S/C20H25ClN6O3/c1-10(2)12-7-17(23-18-11(3)24-26(4)19(12)18)25-27(20(22)28)14-8-13(21)15(29-5)9-16(14)30-6/h7-10H,1-6H3,(H2,22,28)(H,23,25). The highest BCUT2D eigenvalue weighted by Crippen LogP contribution is 2.38. The van der Waals surface area contributed by atoms with Crippen molar-refractivity contribution >= 4 is 40.2 Å². The number of fused-ring (bicyclic) bond motifs is 1. The number of ether oxygens (including phenoxy) is 2. The lowest BCUT2D eigenvalue weighted by atomic mass is 10.0. The smallest absolute Gasteiger partial charge is 0.338 e. The Balaban J connectivity index is 2.13. The first-order valence-corrected chi connectivity index (χ1v) is 9.67. The number of methoxy groups -OCH3 is 2. The summed E-state index contributed by atoms with van der Waals surface area (Å²) >= 11 is 6.26. The number of pyridine rings is 1. The molecule has 160 valence electrons. The summed E-state index contributed by atoms with van der Waals surface area (Å²) in [6, 6.07) is 4.23. The molecule has 3 aromatic rings. The Morgan fingerprint density at radius 2 is 1.90 bits per heavy atom. The van der Waals surface area contributed by atoms with Crippen LogP contribution in [0.3, 0.4) is 0 Å². The molecule has 0 aliphatic heterocycles. The molecular weight excluding hydrogens is 408 g/mol. The summed E-state index contributed by atoms with van der Waals surface area (Å²) in [5, 5.41) is 5.91. The summed E-state index contributed by atoms with van der Waals surface area (Å²) < 4.78 is 12.4. The number of rotatable bonds is 6. The highest BCUT2D eigenvalue weighted by atomic mass is 35.5. The third-order valence-corrected chi connectivity index (χ3v) is 5.05. The van der Waals surface area contributed by atoms with E-state index in [9.17, 15) is 4.79 Å². The maximum absolute atomic E-state index is 12.3. The number of carbonyl (C=O) groups excluding carboxylic acids is 1. The number of nitrogens with one attached hydrogen (secondary N) is 1. The van der Waals surface area contributed by atoms with Crippen LogP contribution in [0, 0.1) is 6.92 Å². The average molecular weight is 433 g/mol. The Kier molecular flexibility index (Phi) is 5.93. The van der Waals surface area contributed by atoms with Crippen LogP contribution in [-0.4, -0.2) is 35.0 Å². The summed E-state index contributed by atoms with van der Waals surface area (Å²) in [4.78, 5) is 17.0. The van der Waals surface area contributed by atoms with Crippen LogP contribution in [0.25, 0.3) is 11.0 Å². The van der Waals surface area contributed by atoms with E-state index in [1.165, 1.54) is 20.3 Å². The lowest BCUT2D eigenvalue weighted by Crippen LogP contribution is -2.41. The van der Waals surface area contributed by atoms with Gasteiger partial charge in [-0.1, -0.05) is 25.4 Å². The first-order valence-electron chi connectivity index (χ1n) is 9.29. The van der Waals surface area contributed by atoms with Crippen molar-refractivity contribution in [2.24, 2.45) is 12.8 Å². The fraction of sp³-hybridized carbons (Fsp3) is 0.350. The van der Waals surface area contributed by atoms with E-state index in [1.807, 2.05) is 24.7 Å². The van der Waals surface area contributed by atoms with E-state index in [1.54, 1.807) is 6.07 Å². The summed E-state index contributed by atoms with van der Waals surface area (Å²) in [6.07, 6.45) is 0. The number of urea groups is 1. The Hall–Kier alpha value is -3.20. The second-order valence-electron chi connectivity index (χ2n) is 7.10. The van der Waals surface area contributed by atoms with E-state index < -0.39 is 6.03 Å². The number of aromatic nitrogens is 3. The number of benzene rings is 1. The van der Waals surface area contributed by atoms with E-state index >= 15 is 0 Å². The quantitative estimate of drug-likeness (QED) is 0.570. The van der Waals surface area contributed by atoms with Gasteiger partial charge in [-0.05, 0) is 30.5 Å². The number of amides is 2. The second-order valence-corrected chi connectivity index (χ2v) is 7.51. The fourth-order valence-corrected chi connectivity index (χ4v) is 3.57. The van der Waals surface area contributed by atoms with Crippen LogP contribution in [0.5, 0.6) is 11.5 Å². The molecule has 2 aromatic heterocycles. The van der Waals surface area contributed by atoms with Gasteiger partial charge < -0.3 is 15.2 Å². The zero-order valence-electron chi connectivity index (χ0n) is 17.8. The minimum Gasteiger partial charge on any atom is -0.495 e. The van der Waals surface area contributed by atoms with Gasteiger partial charge >= 0.3 is 6.03 Å². The molecule has 3 N–H and O–H groups in total. The minimum atomic E-state index is -0.759. The van der Waals surface area contributed by atoms with Crippen LogP contribution in [-0.2, 0) is 7.05 Å². The molecule has 0 atom stereocenters. The van der Waals surface area contributed by atoms with Gasteiger partial charge in [-0.2, -0.15) is 5.10 Å². The van der Waals surface area contributed by atoms with E-state index in [-0.39, 0.29) is 5.92 Å². The van der Waals surface area contributed by atoms with Crippen LogP contribution >= 0.6 is 11.6 Å². The number of primary amides is 1. The topological polar surface area (TPSA) is 108 Å². The van der Waals surface area contributed by atoms with Gasteiger partial charge in [-0.25, -0.2) is 14.8 Å². The van der Waals surface area contributed by atoms with Crippen molar-refractivity contribution in [2.75, 3.05) is 24.7 Å². The molecule has 10 heteroatoms. The average Bonchev–Trinajstić information content (AvgIpc) is 2.98. The van der Waals surface area contributed by atoms with Crippen LogP contribution in [0.1, 0.15) is 31.0 Å². The van der Waals surface area contributed by atoms with Crippen molar-refractivity contribution in [2.45, 2.75) is 26.7 Å². The summed E-state index contributed by atoms with van der Waals surface area (Å²) in [6.45, 7) is 6.05. The van der Waals surface area contributed by atoms with Crippen molar-refractivity contribution in [3.05, 3.63) is 34.5 Å². The molecule has 0 aliphatic carbocycles. The summed E-state index contributed by atoms with van der Waals surface area (Å²) in [5.41, 5.74) is 12.5. The molecule has 0 saturated heterocycles. The Labute approximate surface area is 179 Å². The van der Waals surface area contributed by atoms with Crippen molar-refractivity contribution in [3.8, 4) is 11.5 Å². The molecule has 0 saturated carbocycles. The molecule has 0 spiro atoms. The van der Waals surface area contributed by atoms with E-state index in [2.05, 4.69) is 29.4 Å². The Morgan fingerprint density at radius 1 is 1.23 bits per heavy atom. The summed E-state index contributed by atoms with van der Waals surface area (Å²) in [7, 11) is 4.86. The number of hydrogen-bond donors (Lipinski definition) is 2. The zero-order chi connectivity index (χ0) is 22.2. The lowest BCUT2D eigenvalue weighted by Gasteiger charge is -2.25. The van der Waals surface area contributed by atoms with Crippen LogP contribution in [0.15, 0.2) is 18.2 Å². The number of anilines is 2. The first kappa shape index (κ1) is 21.5. The van der Waals surface area contributed by atoms with Crippen LogP contribution in [0.2, 0.25) is 5.02 Å². The van der Waals surface area contributed by atoms with Crippen LogP contribution in [0.4, 0.5) is 16.3 Å². The van der Waals surface area contributed by atoms with Gasteiger partial charge in [0.05, 0.1) is 30.5 Å². The molecule has 0 fully saturated rings. The predicted molar refractivity (Wildman–Crippen MR) is 118 cm³/mol. The molecule has 0 radical (unpaired) electrons. The van der Waals surface area contributed by atoms with Gasteiger partial charge in [0, 0.05) is 13.1 Å². The van der Waals surface area contributed by atoms with Crippen molar-refractivity contribution < 1.29 is 14.3 Å². The number of hydrazine groups is 1. The highest BCUT2D eigenvalue weighted by molar-refractivity contribution is 6.32. The van der Waals surface area contributed by atoms with Gasteiger partial charge in [-0.3, -0.25) is 10.1 Å². The van der Waals surface area contributed by atoms with E-state index in [0.717, 1.165) is 27.3 Å². The van der Waals surface area contributed by atoms with Crippen molar-refractivity contribution in [1.82, 2.24) is 14.8 Å². The monoisotopic (exact) mass is 432 g/mol. The molecule has 0 bridgehead atoms. The number of nitrogens with zero attached hydrogens (tertiary/aromatic N) is 4. The predicted octanol–water partition coefficient (Wildman–Crippen LogP) is 3.98. The normalized spacial score (nSPS) is 11.1. The van der Waals surface area contributed by atoms with Gasteiger partial charge in [-0.15, -0.1) is 0 Å². The second kappa shape index (κ2) is 8.27. The van der Waals surface area contributed by atoms with Crippen LogP contribution < -0.4 is 25.6 Å². The Morgan fingerprint density at radius 3 is 2.47 bits per heavy atom. The minimum absolute atomic E-state index is 0.206. The molecule has 3 rings (SSSR count). The molecule has 1 aromatic carbocycles. The molecule has 0 aliphatic rings. The van der Waals surface area contributed by atoms with Gasteiger partial charge in [0.25, 0.3) is 0 Å². The number of nitrogens with two attached hydrogens (primary N) is 1. The molecule has 2 amide bonds. The molecule has 9 nitrogen and oxygen atoms in total. The number of halogens is 1. The SMILES string of the molecule is COc1cc(OC)c(N(Nc2cc(C(C)C)c3c(n2)c(C)nn3C)C(N)=O)cc1Cl. The fourth-order valence-electron chi connectivity index (χ4n) is 3.34. The van der Waals surface area contributed by atoms with Gasteiger partial charge in [0.2, 0.25) is 0 Å². The molecule has 30 heavy (non-hydrogen) atoms. The largest absolute Gasteiger partial charge is 0.495 e. The first-order chi connectivity index (χ1) is 14.2. The Bertz CT molecular complexity index is 1110. The summed E-state index contributed by atoms with van der Waals surface area (Å²) in [5.74, 6) is 1.41. The molecular formula is C20H25ClN6O3. The van der Waals surface area contributed by atoms with E-state index in [4.69, 9.17) is 26.8 Å². The number of carbonyl (C=O) groups is 1. The number of hydrogen-bond acceptors (Lipinski definition) is 6. The lowest BCUT2D eigenvalue weighted by molar-refractivity contribution is 0.254. The van der Waals surface area contributed by atoms with E-state index in [0.29, 0.717) is 28.0 Å². The van der Waals surface area contributed by atoms with Crippen molar-refractivity contribution in [1.29, 1.82) is 0 Å². The van der Waals surface area contributed by atoms with Crippen molar-refractivity contribution in [3.63, 3.8) is 0 Å². The molecule has 0 unspecified atom stereocenters. The zero-order valence-corrected chi connectivity index (χ0v) is 18.5. The third kappa shape index (κ3) is 3.80.